The molecule has 1 aromatic heterocycles. The maximum absolute atomic E-state index is 14.2. The summed E-state index contributed by atoms with van der Waals surface area (Å²) in [6.45, 7) is 0.559. The standard InChI is InChI=1S/C16H16F2N2O3/c17-12-7-19-16(22)20(15(12)21)13-6-11(14(13)18)9-23-8-10-4-2-1-3-5-10/h1-5,7,11,13-14H,6,8-9H2,(H,19,22)/t11-,13-,14?/m1/s1. The number of halogens is 2. The average Bonchev–Trinajstić information content (AvgIpc) is 2.56. The van der Waals surface area contributed by atoms with E-state index >= 15 is 0 Å². The first-order valence-corrected chi connectivity index (χ1v) is 7.33. The van der Waals surface area contributed by atoms with Crippen LogP contribution in [0.1, 0.15) is 18.0 Å². The number of rotatable bonds is 5. The van der Waals surface area contributed by atoms with Crippen molar-refractivity contribution in [2.24, 2.45) is 5.92 Å². The highest BCUT2D eigenvalue weighted by Gasteiger charge is 2.44. The Hall–Kier alpha value is -2.28. The molecular weight excluding hydrogens is 306 g/mol. The number of aromatic amines is 1. The number of benzene rings is 1. The molecule has 0 spiro atoms. The number of nitrogens with zero attached hydrogens (tertiary/aromatic N) is 1. The summed E-state index contributed by atoms with van der Waals surface area (Å²) < 4.78 is 33.6. The van der Waals surface area contributed by atoms with Crippen molar-refractivity contribution in [2.45, 2.75) is 25.2 Å². The van der Waals surface area contributed by atoms with E-state index in [4.69, 9.17) is 4.74 Å². The normalized spacial score (nSPS) is 23.5. The van der Waals surface area contributed by atoms with Gasteiger partial charge in [-0.1, -0.05) is 30.3 Å². The van der Waals surface area contributed by atoms with Gasteiger partial charge < -0.3 is 9.72 Å². The van der Waals surface area contributed by atoms with E-state index in [0.29, 0.717) is 17.4 Å². The summed E-state index contributed by atoms with van der Waals surface area (Å²) in [4.78, 5) is 25.4. The molecule has 1 fully saturated rings. The smallest absolute Gasteiger partial charge is 0.328 e. The van der Waals surface area contributed by atoms with Gasteiger partial charge in [-0.05, 0) is 12.0 Å². The number of aromatic nitrogens is 2. The number of H-pyrrole nitrogens is 1. The molecule has 7 heteroatoms. The van der Waals surface area contributed by atoms with Crippen molar-refractivity contribution in [3.05, 3.63) is 68.7 Å². The fourth-order valence-corrected chi connectivity index (χ4v) is 2.76. The molecular formula is C16H16F2N2O3. The first-order valence-electron chi connectivity index (χ1n) is 7.33. The van der Waals surface area contributed by atoms with Crippen LogP contribution in [0.2, 0.25) is 0 Å². The molecule has 3 rings (SSSR count). The van der Waals surface area contributed by atoms with Gasteiger partial charge in [0.2, 0.25) is 5.82 Å². The molecule has 1 N–H and O–H groups in total. The monoisotopic (exact) mass is 322 g/mol. The van der Waals surface area contributed by atoms with Crippen LogP contribution in [0.4, 0.5) is 8.78 Å². The molecule has 1 aliphatic carbocycles. The van der Waals surface area contributed by atoms with Gasteiger partial charge in [0, 0.05) is 12.1 Å². The average molecular weight is 322 g/mol. The van der Waals surface area contributed by atoms with E-state index in [1.807, 2.05) is 30.3 Å². The van der Waals surface area contributed by atoms with E-state index in [9.17, 15) is 18.4 Å². The number of hydrogen-bond donors (Lipinski definition) is 1. The third-order valence-corrected chi connectivity index (χ3v) is 4.10. The second-order valence-electron chi connectivity index (χ2n) is 5.63. The largest absolute Gasteiger partial charge is 0.376 e. The van der Waals surface area contributed by atoms with Crippen molar-refractivity contribution in [1.29, 1.82) is 0 Å². The molecule has 23 heavy (non-hydrogen) atoms. The van der Waals surface area contributed by atoms with Crippen LogP contribution in [0.25, 0.3) is 0 Å². The van der Waals surface area contributed by atoms with Gasteiger partial charge in [-0.3, -0.25) is 9.36 Å². The van der Waals surface area contributed by atoms with Gasteiger partial charge in [0.15, 0.2) is 0 Å². The second kappa shape index (κ2) is 6.45. The molecule has 0 radical (unpaired) electrons. The van der Waals surface area contributed by atoms with Crippen LogP contribution >= 0.6 is 0 Å². The zero-order valence-electron chi connectivity index (χ0n) is 12.2. The van der Waals surface area contributed by atoms with Crippen molar-refractivity contribution in [3.63, 3.8) is 0 Å². The van der Waals surface area contributed by atoms with Gasteiger partial charge in [0.05, 0.1) is 19.3 Å². The van der Waals surface area contributed by atoms with Crippen LogP contribution in [-0.4, -0.2) is 22.3 Å². The van der Waals surface area contributed by atoms with Gasteiger partial charge in [-0.2, -0.15) is 4.39 Å². The molecule has 1 saturated carbocycles. The van der Waals surface area contributed by atoms with Gasteiger partial charge >= 0.3 is 5.69 Å². The van der Waals surface area contributed by atoms with Gasteiger partial charge in [-0.15, -0.1) is 0 Å². The number of nitrogens with one attached hydrogen (secondary N) is 1. The molecule has 0 amide bonds. The lowest BCUT2D eigenvalue weighted by Crippen LogP contribution is -2.51. The maximum atomic E-state index is 14.2. The minimum atomic E-state index is -1.41. The fourth-order valence-electron chi connectivity index (χ4n) is 2.76. The Kier molecular flexibility index (Phi) is 4.38. The summed E-state index contributed by atoms with van der Waals surface area (Å²) in [6.07, 6.45) is -0.456. The Morgan fingerprint density at radius 3 is 2.70 bits per heavy atom. The Bertz CT molecular complexity index is 788. The summed E-state index contributed by atoms with van der Waals surface area (Å²) in [7, 11) is 0. The minimum absolute atomic E-state index is 0.189. The third kappa shape index (κ3) is 3.10. The molecule has 1 aromatic carbocycles. The Labute approximate surface area is 130 Å². The van der Waals surface area contributed by atoms with E-state index in [1.165, 1.54) is 0 Å². The zero-order valence-corrected chi connectivity index (χ0v) is 12.2. The van der Waals surface area contributed by atoms with Crippen molar-refractivity contribution in [1.82, 2.24) is 9.55 Å². The Morgan fingerprint density at radius 1 is 1.26 bits per heavy atom. The quantitative estimate of drug-likeness (QED) is 0.913. The fraction of sp³-hybridized carbons (Fsp3) is 0.375. The van der Waals surface area contributed by atoms with Gasteiger partial charge in [0.1, 0.15) is 6.17 Å². The van der Waals surface area contributed by atoms with E-state index in [1.54, 1.807) is 0 Å². The van der Waals surface area contributed by atoms with Crippen LogP contribution in [0.3, 0.4) is 0 Å². The Balaban J connectivity index is 1.59. The molecule has 1 unspecified atom stereocenters. The summed E-state index contributed by atoms with van der Waals surface area (Å²) in [5.74, 6) is -1.50. The molecule has 1 heterocycles. The summed E-state index contributed by atoms with van der Waals surface area (Å²) in [6, 6.07) is 8.54. The lowest BCUT2D eigenvalue weighted by atomic mass is 9.78. The van der Waals surface area contributed by atoms with Gasteiger partial charge in [0.25, 0.3) is 5.56 Å². The van der Waals surface area contributed by atoms with Crippen LogP contribution in [0.5, 0.6) is 0 Å². The predicted octanol–water partition coefficient (Wildman–Crippen LogP) is 1.79. The second-order valence-corrected chi connectivity index (χ2v) is 5.63. The molecule has 5 nitrogen and oxygen atoms in total. The van der Waals surface area contributed by atoms with Crippen molar-refractivity contribution >= 4 is 0 Å². The van der Waals surface area contributed by atoms with E-state index in [2.05, 4.69) is 4.98 Å². The molecule has 0 saturated heterocycles. The predicted molar refractivity (Wildman–Crippen MR) is 79.4 cm³/mol. The highest BCUT2D eigenvalue weighted by molar-refractivity contribution is 5.13. The molecule has 0 aliphatic heterocycles. The van der Waals surface area contributed by atoms with E-state index in [0.717, 1.165) is 5.56 Å². The maximum Gasteiger partial charge on any atom is 0.328 e. The number of hydrogen-bond acceptors (Lipinski definition) is 3. The lowest BCUT2D eigenvalue weighted by Gasteiger charge is -2.39. The first-order chi connectivity index (χ1) is 11.1. The third-order valence-electron chi connectivity index (χ3n) is 4.10. The summed E-state index contributed by atoms with van der Waals surface area (Å²) in [5.41, 5.74) is -0.908. The van der Waals surface area contributed by atoms with Crippen LogP contribution in [0.15, 0.2) is 46.1 Å². The Morgan fingerprint density at radius 2 is 2.00 bits per heavy atom. The van der Waals surface area contributed by atoms with E-state index < -0.39 is 35.2 Å². The highest BCUT2D eigenvalue weighted by atomic mass is 19.1. The topological polar surface area (TPSA) is 64.1 Å². The van der Waals surface area contributed by atoms with Crippen LogP contribution in [0, 0.1) is 11.7 Å². The summed E-state index contributed by atoms with van der Waals surface area (Å²) in [5, 5.41) is 0. The minimum Gasteiger partial charge on any atom is -0.376 e. The highest BCUT2D eigenvalue weighted by Crippen LogP contribution is 2.39. The SMILES string of the molecule is O=c1[nH]cc(F)c(=O)n1[C@@H]1C[C@H](COCc2ccccc2)C1F. The van der Waals surface area contributed by atoms with Crippen molar-refractivity contribution in [3.8, 4) is 0 Å². The van der Waals surface area contributed by atoms with Crippen molar-refractivity contribution < 1.29 is 13.5 Å². The molecule has 0 bridgehead atoms. The summed E-state index contributed by atoms with van der Waals surface area (Å²) >= 11 is 0. The van der Waals surface area contributed by atoms with Gasteiger partial charge in [-0.25, -0.2) is 9.18 Å². The van der Waals surface area contributed by atoms with Crippen LogP contribution < -0.4 is 11.2 Å². The first kappa shape index (κ1) is 15.6. The molecule has 3 atom stereocenters. The zero-order chi connectivity index (χ0) is 16.4. The van der Waals surface area contributed by atoms with E-state index in [-0.39, 0.29) is 13.0 Å². The number of alkyl halides is 1. The lowest BCUT2D eigenvalue weighted by molar-refractivity contribution is -0.0328. The van der Waals surface area contributed by atoms with Crippen LogP contribution in [-0.2, 0) is 11.3 Å². The molecule has 2 aromatic rings. The molecule has 1 aliphatic rings. The number of ether oxygens (including phenoxy) is 1. The molecule has 122 valence electrons. The van der Waals surface area contributed by atoms with Crippen molar-refractivity contribution in [2.75, 3.05) is 6.61 Å².